The number of benzene rings is 1. The topological polar surface area (TPSA) is 42.0 Å². The van der Waals surface area contributed by atoms with Crippen molar-refractivity contribution in [3.05, 3.63) is 47.0 Å². The molecule has 0 aliphatic rings. The average Bonchev–Trinajstić information content (AvgIpc) is 2.85. The van der Waals surface area contributed by atoms with Gasteiger partial charge in [0.1, 0.15) is 0 Å². The summed E-state index contributed by atoms with van der Waals surface area (Å²) in [6, 6.07) is 9.99. The molecule has 0 fully saturated rings. The van der Waals surface area contributed by atoms with Crippen LogP contribution in [0.15, 0.2) is 40.1 Å². The molecular weight excluding hydrogens is 288 g/mol. The van der Waals surface area contributed by atoms with Gasteiger partial charge in [-0.25, -0.2) is 4.98 Å². The molecule has 2 aromatic rings. The average molecular weight is 306 g/mol. The van der Waals surface area contributed by atoms with E-state index in [1.54, 1.807) is 11.3 Å². The van der Waals surface area contributed by atoms with Crippen molar-refractivity contribution >= 4 is 29.0 Å². The molecule has 2 rings (SSSR count). The highest BCUT2D eigenvalue weighted by Gasteiger charge is 2.18. The zero-order valence-electron chi connectivity index (χ0n) is 11.8. The van der Waals surface area contributed by atoms with E-state index < -0.39 is 0 Å². The van der Waals surface area contributed by atoms with E-state index in [1.165, 1.54) is 11.8 Å². The van der Waals surface area contributed by atoms with Gasteiger partial charge in [0.05, 0.1) is 11.3 Å². The summed E-state index contributed by atoms with van der Waals surface area (Å²) in [5.74, 6) is 0.0409. The molecule has 0 radical (unpaired) electrons. The van der Waals surface area contributed by atoms with Crippen molar-refractivity contribution < 1.29 is 4.79 Å². The van der Waals surface area contributed by atoms with E-state index in [0.717, 1.165) is 15.6 Å². The summed E-state index contributed by atoms with van der Waals surface area (Å²) >= 11 is 3.09. The fourth-order valence-electron chi connectivity index (χ4n) is 1.75. The number of carbonyl (C=O) groups excluding carboxylic acids is 1. The minimum atomic E-state index is -0.147. The molecule has 1 heterocycles. The van der Waals surface area contributed by atoms with Gasteiger partial charge >= 0.3 is 0 Å². The van der Waals surface area contributed by atoms with E-state index in [4.69, 9.17) is 0 Å². The molecule has 2 atom stereocenters. The third kappa shape index (κ3) is 4.08. The summed E-state index contributed by atoms with van der Waals surface area (Å²) in [6.45, 7) is 5.87. The van der Waals surface area contributed by atoms with Crippen molar-refractivity contribution in [2.24, 2.45) is 0 Å². The number of nitrogens with one attached hydrogen (secondary N) is 1. The maximum Gasteiger partial charge on any atom is 0.233 e. The Balaban J connectivity index is 1.91. The molecule has 1 aromatic carbocycles. The molecule has 106 valence electrons. The Bertz CT molecular complexity index is 568. The van der Waals surface area contributed by atoms with Gasteiger partial charge in [-0.1, -0.05) is 42.1 Å². The highest BCUT2D eigenvalue weighted by Crippen LogP contribution is 2.27. The van der Waals surface area contributed by atoms with Crippen LogP contribution in [0, 0.1) is 6.92 Å². The molecular formula is C15H18N2OS2. The Hall–Kier alpha value is -1.33. The van der Waals surface area contributed by atoms with E-state index in [0.29, 0.717) is 0 Å². The van der Waals surface area contributed by atoms with Gasteiger partial charge in [-0.05, 0) is 26.3 Å². The number of aromatic nitrogens is 1. The molecule has 0 aliphatic carbocycles. The minimum absolute atomic E-state index is 0.0183. The largest absolute Gasteiger partial charge is 0.349 e. The number of amides is 1. The van der Waals surface area contributed by atoms with E-state index in [-0.39, 0.29) is 17.2 Å². The molecule has 0 saturated carbocycles. The quantitative estimate of drug-likeness (QED) is 0.854. The molecule has 0 aliphatic heterocycles. The SMILES string of the molecule is Cc1csc(S[C@@H](C)C(=O)N[C@H](C)c2ccccc2)n1. The Labute approximate surface area is 127 Å². The van der Waals surface area contributed by atoms with Crippen LogP contribution in [0.5, 0.6) is 0 Å². The lowest BCUT2D eigenvalue weighted by Crippen LogP contribution is -2.33. The molecule has 1 aromatic heterocycles. The first kappa shape index (κ1) is 15.1. The lowest BCUT2D eigenvalue weighted by molar-refractivity contribution is -0.120. The number of thioether (sulfide) groups is 1. The maximum absolute atomic E-state index is 12.2. The van der Waals surface area contributed by atoms with Crippen molar-refractivity contribution in [2.75, 3.05) is 0 Å². The van der Waals surface area contributed by atoms with E-state index in [2.05, 4.69) is 10.3 Å². The van der Waals surface area contributed by atoms with E-state index in [9.17, 15) is 4.79 Å². The van der Waals surface area contributed by atoms with Crippen LogP contribution in [-0.4, -0.2) is 16.1 Å². The summed E-state index contributed by atoms with van der Waals surface area (Å²) in [4.78, 5) is 16.6. The maximum atomic E-state index is 12.2. The first-order valence-electron chi connectivity index (χ1n) is 6.50. The smallest absolute Gasteiger partial charge is 0.233 e. The van der Waals surface area contributed by atoms with Crippen LogP contribution in [0.2, 0.25) is 0 Å². The summed E-state index contributed by atoms with van der Waals surface area (Å²) < 4.78 is 0.942. The van der Waals surface area contributed by atoms with Crippen molar-refractivity contribution in [1.82, 2.24) is 10.3 Å². The molecule has 0 saturated heterocycles. The highest BCUT2D eigenvalue weighted by molar-refractivity contribution is 8.02. The number of nitrogens with zero attached hydrogens (tertiary/aromatic N) is 1. The van der Waals surface area contributed by atoms with E-state index >= 15 is 0 Å². The predicted octanol–water partition coefficient (Wildman–Crippen LogP) is 3.81. The standard InChI is InChI=1S/C15H18N2OS2/c1-10-9-19-15(16-10)20-12(3)14(18)17-11(2)13-7-5-4-6-8-13/h4-9,11-12H,1-3H3,(H,17,18)/t11-,12+/m1/s1. The van der Waals surface area contributed by atoms with Crippen LogP contribution < -0.4 is 5.32 Å². The first-order valence-corrected chi connectivity index (χ1v) is 8.26. The molecule has 0 spiro atoms. The van der Waals surface area contributed by atoms with Gasteiger partial charge < -0.3 is 5.32 Å². The van der Waals surface area contributed by atoms with Gasteiger partial charge in [-0.2, -0.15) is 0 Å². The third-order valence-corrected chi connectivity index (χ3v) is 5.09. The molecule has 0 bridgehead atoms. The van der Waals surface area contributed by atoms with Gasteiger partial charge in [0.15, 0.2) is 4.34 Å². The first-order chi connectivity index (χ1) is 9.56. The monoisotopic (exact) mass is 306 g/mol. The summed E-state index contributed by atoms with van der Waals surface area (Å²) in [5, 5.41) is 4.89. The Kier molecular flexibility index (Phi) is 5.20. The van der Waals surface area contributed by atoms with E-state index in [1.807, 2.05) is 56.5 Å². The molecule has 1 N–H and O–H groups in total. The second kappa shape index (κ2) is 6.90. The third-order valence-electron chi connectivity index (χ3n) is 2.90. The van der Waals surface area contributed by atoms with Gasteiger partial charge in [0.2, 0.25) is 5.91 Å². The number of aryl methyl sites for hydroxylation is 1. The van der Waals surface area contributed by atoms with Gasteiger partial charge in [0.25, 0.3) is 0 Å². The van der Waals surface area contributed by atoms with Crippen LogP contribution in [0.1, 0.15) is 31.1 Å². The fourth-order valence-corrected chi connectivity index (χ4v) is 3.74. The zero-order valence-corrected chi connectivity index (χ0v) is 13.4. The Morgan fingerprint density at radius 3 is 2.60 bits per heavy atom. The molecule has 1 amide bonds. The van der Waals surface area contributed by atoms with Crippen LogP contribution >= 0.6 is 23.1 Å². The summed E-state index contributed by atoms with van der Waals surface area (Å²) in [5.41, 5.74) is 2.12. The van der Waals surface area contributed by atoms with Crippen molar-refractivity contribution in [3.63, 3.8) is 0 Å². The molecule has 0 unspecified atom stereocenters. The van der Waals surface area contributed by atoms with Crippen LogP contribution in [0.4, 0.5) is 0 Å². The second-order valence-electron chi connectivity index (χ2n) is 4.66. The van der Waals surface area contributed by atoms with Crippen molar-refractivity contribution in [1.29, 1.82) is 0 Å². The van der Waals surface area contributed by atoms with Gasteiger partial charge in [0, 0.05) is 11.1 Å². The number of rotatable bonds is 5. The van der Waals surface area contributed by atoms with Gasteiger partial charge in [-0.15, -0.1) is 11.3 Å². The molecule has 5 heteroatoms. The number of carbonyl (C=O) groups is 1. The van der Waals surface area contributed by atoms with Gasteiger partial charge in [-0.3, -0.25) is 4.79 Å². The number of hydrogen-bond donors (Lipinski definition) is 1. The zero-order chi connectivity index (χ0) is 14.5. The lowest BCUT2D eigenvalue weighted by Gasteiger charge is -2.17. The summed E-state index contributed by atoms with van der Waals surface area (Å²) in [6.07, 6.45) is 0. The normalized spacial score (nSPS) is 13.8. The Morgan fingerprint density at radius 1 is 1.30 bits per heavy atom. The van der Waals surface area contributed by atoms with Crippen LogP contribution in [0.3, 0.4) is 0 Å². The van der Waals surface area contributed by atoms with Crippen LogP contribution in [0.25, 0.3) is 0 Å². The van der Waals surface area contributed by atoms with Crippen LogP contribution in [-0.2, 0) is 4.79 Å². The number of thiazole rings is 1. The second-order valence-corrected chi connectivity index (χ2v) is 7.10. The minimum Gasteiger partial charge on any atom is -0.349 e. The Morgan fingerprint density at radius 2 is 2.00 bits per heavy atom. The fraction of sp³-hybridized carbons (Fsp3) is 0.333. The predicted molar refractivity (Wildman–Crippen MR) is 85.2 cm³/mol. The highest BCUT2D eigenvalue weighted by atomic mass is 32.2. The molecule has 20 heavy (non-hydrogen) atoms. The number of hydrogen-bond acceptors (Lipinski definition) is 4. The lowest BCUT2D eigenvalue weighted by atomic mass is 10.1. The van der Waals surface area contributed by atoms with Crippen molar-refractivity contribution in [2.45, 2.75) is 36.4 Å². The van der Waals surface area contributed by atoms with Crippen molar-refractivity contribution in [3.8, 4) is 0 Å². The molecule has 3 nitrogen and oxygen atoms in total. The summed E-state index contributed by atoms with van der Waals surface area (Å²) in [7, 11) is 0.